The first-order valence-corrected chi connectivity index (χ1v) is 5.63. The Morgan fingerprint density at radius 1 is 1.29 bits per heavy atom. The Bertz CT molecular complexity index is 380. The minimum atomic E-state index is -4.40. The Hall–Kier alpha value is -1.07. The molecule has 0 aliphatic carbocycles. The van der Waals surface area contributed by atoms with E-state index < -0.39 is 10.4 Å². The van der Waals surface area contributed by atoms with Crippen LogP contribution in [0.4, 0.5) is 0 Å². The van der Waals surface area contributed by atoms with Crippen LogP contribution >= 0.6 is 0 Å². The van der Waals surface area contributed by atoms with E-state index in [1.807, 2.05) is 0 Å². The van der Waals surface area contributed by atoms with E-state index in [1.165, 1.54) is 12.1 Å². The molecule has 0 aliphatic rings. The molecule has 0 saturated heterocycles. The average molecular weight is 216 g/mol. The molecule has 0 aromatic heterocycles. The molecule has 0 saturated carbocycles. The van der Waals surface area contributed by atoms with E-state index in [0.717, 1.165) is 18.4 Å². The molecule has 0 amide bonds. The topological polar surface area (TPSA) is 63.6 Å². The van der Waals surface area contributed by atoms with Gasteiger partial charge in [-0.1, -0.05) is 25.5 Å². The third-order valence-electron chi connectivity index (χ3n) is 1.66. The summed E-state index contributed by atoms with van der Waals surface area (Å²) < 4.78 is 33.3. The zero-order chi connectivity index (χ0) is 10.6. The van der Waals surface area contributed by atoms with Gasteiger partial charge in [0.25, 0.3) is 0 Å². The largest absolute Gasteiger partial charge is 0.446 e. The van der Waals surface area contributed by atoms with Gasteiger partial charge in [-0.15, -0.1) is 0 Å². The van der Waals surface area contributed by atoms with Crippen molar-refractivity contribution in [3.63, 3.8) is 0 Å². The van der Waals surface area contributed by atoms with Crippen LogP contribution in [0.25, 0.3) is 0 Å². The third kappa shape index (κ3) is 3.76. The monoisotopic (exact) mass is 216 g/mol. The summed E-state index contributed by atoms with van der Waals surface area (Å²) in [6, 6.07) is 6.56. The van der Waals surface area contributed by atoms with Crippen LogP contribution in [0.1, 0.15) is 18.9 Å². The Morgan fingerprint density at radius 3 is 2.29 bits per heavy atom. The van der Waals surface area contributed by atoms with Gasteiger partial charge in [-0.05, 0) is 24.1 Å². The van der Waals surface area contributed by atoms with Crippen molar-refractivity contribution in [3.8, 4) is 5.75 Å². The number of rotatable bonds is 4. The highest BCUT2D eigenvalue weighted by Crippen LogP contribution is 2.14. The zero-order valence-electron chi connectivity index (χ0n) is 7.80. The SMILES string of the molecule is CCCc1ccc(OS(=O)(=O)O)cc1. The molecule has 0 unspecified atom stereocenters. The van der Waals surface area contributed by atoms with Gasteiger partial charge in [0, 0.05) is 0 Å². The van der Waals surface area contributed by atoms with E-state index in [2.05, 4.69) is 11.1 Å². The van der Waals surface area contributed by atoms with Crippen LogP contribution < -0.4 is 4.18 Å². The fourth-order valence-corrected chi connectivity index (χ4v) is 1.48. The van der Waals surface area contributed by atoms with Crippen LogP contribution in [-0.4, -0.2) is 13.0 Å². The molecule has 0 atom stereocenters. The first-order chi connectivity index (χ1) is 6.51. The summed E-state index contributed by atoms with van der Waals surface area (Å²) in [6.45, 7) is 2.06. The molecule has 0 spiro atoms. The molecule has 1 aromatic rings. The maximum atomic E-state index is 10.3. The molecule has 0 bridgehead atoms. The van der Waals surface area contributed by atoms with Crippen LogP contribution in [0.3, 0.4) is 0 Å². The summed E-state index contributed by atoms with van der Waals surface area (Å²) >= 11 is 0. The quantitative estimate of drug-likeness (QED) is 0.780. The predicted molar refractivity (Wildman–Crippen MR) is 52.6 cm³/mol. The highest BCUT2D eigenvalue weighted by Gasteiger charge is 2.05. The van der Waals surface area contributed by atoms with Crippen molar-refractivity contribution in [2.75, 3.05) is 0 Å². The van der Waals surface area contributed by atoms with E-state index in [1.54, 1.807) is 12.1 Å². The lowest BCUT2D eigenvalue weighted by Gasteiger charge is -2.02. The summed E-state index contributed by atoms with van der Waals surface area (Å²) in [4.78, 5) is 0. The summed E-state index contributed by atoms with van der Waals surface area (Å²) in [7, 11) is -4.40. The minimum Gasteiger partial charge on any atom is -0.362 e. The molecule has 0 radical (unpaired) electrons. The first-order valence-electron chi connectivity index (χ1n) is 4.27. The lowest BCUT2D eigenvalue weighted by molar-refractivity contribution is 0.387. The van der Waals surface area contributed by atoms with E-state index in [9.17, 15) is 8.42 Å². The highest BCUT2D eigenvalue weighted by molar-refractivity contribution is 7.81. The third-order valence-corrected chi connectivity index (χ3v) is 2.07. The molecule has 78 valence electrons. The van der Waals surface area contributed by atoms with Crippen molar-refractivity contribution < 1.29 is 17.2 Å². The van der Waals surface area contributed by atoms with Gasteiger partial charge in [0.15, 0.2) is 0 Å². The average Bonchev–Trinajstić information content (AvgIpc) is 2.06. The van der Waals surface area contributed by atoms with Crippen LogP contribution in [-0.2, 0) is 16.8 Å². The smallest absolute Gasteiger partial charge is 0.362 e. The lowest BCUT2D eigenvalue weighted by atomic mass is 10.1. The standard InChI is InChI=1S/C9H12O4S/c1-2-3-8-4-6-9(7-5-8)13-14(10,11)12/h4-7H,2-3H2,1H3,(H,10,11,12). The van der Waals surface area contributed by atoms with Crippen LogP contribution in [0, 0.1) is 0 Å². The zero-order valence-corrected chi connectivity index (χ0v) is 8.62. The van der Waals surface area contributed by atoms with Gasteiger partial charge in [0.2, 0.25) is 0 Å². The number of hydrogen-bond acceptors (Lipinski definition) is 3. The minimum absolute atomic E-state index is 0.118. The highest BCUT2D eigenvalue weighted by atomic mass is 32.3. The van der Waals surface area contributed by atoms with E-state index in [-0.39, 0.29) is 5.75 Å². The Balaban J connectivity index is 2.74. The second-order valence-electron chi connectivity index (χ2n) is 2.91. The van der Waals surface area contributed by atoms with Crippen LogP contribution in [0.2, 0.25) is 0 Å². The molecule has 4 nitrogen and oxygen atoms in total. The number of hydrogen-bond donors (Lipinski definition) is 1. The van der Waals surface area contributed by atoms with Crippen molar-refractivity contribution in [2.24, 2.45) is 0 Å². The normalized spacial score (nSPS) is 11.3. The Kier molecular flexibility index (Phi) is 3.49. The van der Waals surface area contributed by atoms with Crippen LogP contribution in [0.5, 0.6) is 5.75 Å². The van der Waals surface area contributed by atoms with Gasteiger partial charge in [0.1, 0.15) is 5.75 Å². The summed E-state index contributed by atoms with van der Waals surface area (Å²) in [6.07, 6.45) is 1.96. The molecule has 1 rings (SSSR count). The van der Waals surface area contributed by atoms with E-state index >= 15 is 0 Å². The maximum absolute atomic E-state index is 10.3. The summed E-state index contributed by atoms with van der Waals surface area (Å²) in [5.41, 5.74) is 1.11. The molecule has 1 aromatic carbocycles. The van der Waals surface area contributed by atoms with Gasteiger partial charge < -0.3 is 4.18 Å². The summed E-state index contributed by atoms with van der Waals surface area (Å²) in [5, 5.41) is 0. The van der Waals surface area contributed by atoms with Gasteiger partial charge >= 0.3 is 10.4 Å². The maximum Gasteiger partial charge on any atom is 0.446 e. The Morgan fingerprint density at radius 2 is 1.86 bits per heavy atom. The van der Waals surface area contributed by atoms with Crippen molar-refractivity contribution in [1.82, 2.24) is 0 Å². The molecule has 1 N–H and O–H groups in total. The fourth-order valence-electron chi connectivity index (χ4n) is 1.12. The van der Waals surface area contributed by atoms with Gasteiger partial charge in [-0.25, -0.2) is 0 Å². The molecule has 14 heavy (non-hydrogen) atoms. The van der Waals surface area contributed by atoms with Gasteiger partial charge in [0.05, 0.1) is 0 Å². The molecule has 0 aliphatic heterocycles. The molecule has 0 fully saturated rings. The number of benzene rings is 1. The van der Waals surface area contributed by atoms with Crippen molar-refractivity contribution >= 4 is 10.4 Å². The summed E-state index contributed by atoms with van der Waals surface area (Å²) in [5.74, 6) is 0.118. The van der Waals surface area contributed by atoms with E-state index in [0.29, 0.717) is 0 Å². The van der Waals surface area contributed by atoms with E-state index in [4.69, 9.17) is 4.55 Å². The van der Waals surface area contributed by atoms with Gasteiger partial charge in [-0.2, -0.15) is 8.42 Å². The number of aryl methyl sites for hydroxylation is 1. The Labute approximate surface area is 83.5 Å². The predicted octanol–water partition coefficient (Wildman–Crippen LogP) is 1.82. The second kappa shape index (κ2) is 4.43. The van der Waals surface area contributed by atoms with Gasteiger partial charge in [-0.3, -0.25) is 4.55 Å². The van der Waals surface area contributed by atoms with Crippen molar-refractivity contribution in [3.05, 3.63) is 29.8 Å². The van der Waals surface area contributed by atoms with Crippen molar-refractivity contribution in [1.29, 1.82) is 0 Å². The molecule has 0 heterocycles. The van der Waals surface area contributed by atoms with Crippen LogP contribution in [0.15, 0.2) is 24.3 Å². The molecular formula is C9H12O4S. The molecular weight excluding hydrogens is 204 g/mol. The first kappa shape index (κ1) is 11.0. The molecule has 5 heteroatoms. The fraction of sp³-hybridized carbons (Fsp3) is 0.333. The van der Waals surface area contributed by atoms with Crippen molar-refractivity contribution in [2.45, 2.75) is 19.8 Å². The second-order valence-corrected chi connectivity index (χ2v) is 3.93. The lowest BCUT2D eigenvalue weighted by Crippen LogP contribution is -2.06.